The van der Waals surface area contributed by atoms with Gasteiger partial charge in [-0.3, -0.25) is 9.69 Å². The molecule has 34 heavy (non-hydrogen) atoms. The summed E-state index contributed by atoms with van der Waals surface area (Å²) in [5.41, 5.74) is 1.93. The fourth-order valence-corrected chi connectivity index (χ4v) is 4.74. The molecule has 0 aliphatic carbocycles. The molecule has 0 saturated carbocycles. The lowest BCUT2D eigenvalue weighted by molar-refractivity contribution is 0.172. The molecule has 2 aliphatic heterocycles. The van der Waals surface area contributed by atoms with E-state index in [1.165, 1.54) is 12.1 Å². The molecule has 0 radical (unpaired) electrons. The van der Waals surface area contributed by atoms with Crippen LogP contribution in [0.15, 0.2) is 47.3 Å². The van der Waals surface area contributed by atoms with Crippen LogP contribution in [0.3, 0.4) is 0 Å². The number of aromatic nitrogens is 5. The van der Waals surface area contributed by atoms with E-state index in [9.17, 15) is 9.18 Å². The number of nitrogens with zero attached hydrogens (tertiary/aromatic N) is 5. The number of ether oxygens (including phenoxy) is 2. The maximum atomic E-state index is 13.4. The van der Waals surface area contributed by atoms with E-state index in [1.54, 1.807) is 22.9 Å². The van der Waals surface area contributed by atoms with Crippen molar-refractivity contribution in [2.45, 2.75) is 25.4 Å². The van der Waals surface area contributed by atoms with Gasteiger partial charge in [0.2, 0.25) is 0 Å². The Bertz CT molecular complexity index is 1390. The fourth-order valence-electron chi connectivity index (χ4n) is 4.74. The van der Waals surface area contributed by atoms with Crippen LogP contribution >= 0.6 is 0 Å². The van der Waals surface area contributed by atoms with Crippen molar-refractivity contribution in [3.8, 4) is 11.5 Å². The number of pyridine rings is 1. The summed E-state index contributed by atoms with van der Waals surface area (Å²) in [6.07, 6.45) is 2.08. The summed E-state index contributed by atoms with van der Waals surface area (Å²) in [5.74, 6) is 1.57. The SMILES string of the molecule is O=c1[nH]c2cc3c(cc2cc1[C@@H](c1nnnn1Cc1ccc(F)cc1)N1CCCC1)OCCO3. The van der Waals surface area contributed by atoms with Crippen LogP contribution in [0.5, 0.6) is 11.5 Å². The minimum atomic E-state index is -0.417. The molecular weight excluding hydrogens is 439 g/mol. The lowest BCUT2D eigenvalue weighted by atomic mass is 10.0. The first kappa shape index (κ1) is 20.8. The number of halogens is 1. The molecule has 0 spiro atoms. The maximum absolute atomic E-state index is 13.4. The standard InChI is InChI=1S/C24H23FN6O3/c25-17-5-3-15(4-6-17)14-31-23(27-28-29-31)22(30-7-1-2-8-30)18-11-16-12-20-21(34-10-9-33-20)13-19(16)26-24(18)32/h3-6,11-13,22H,1-2,7-10,14H2,(H,26,32)/t22-/m0/s1. The van der Waals surface area contributed by atoms with Crippen LogP contribution in [0.25, 0.3) is 10.9 Å². The molecule has 174 valence electrons. The summed E-state index contributed by atoms with van der Waals surface area (Å²) >= 11 is 0. The first-order valence-corrected chi connectivity index (χ1v) is 11.4. The van der Waals surface area contributed by atoms with Crippen molar-refractivity contribution < 1.29 is 13.9 Å². The predicted molar refractivity (Wildman–Crippen MR) is 122 cm³/mol. The molecule has 1 saturated heterocycles. The molecule has 0 amide bonds. The molecule has 0 unspecified atom stereocenters. The molecule has 1 fully saturated rings. The molecule has 9 nitrogen and oxygen atoms in total. The van der Waals surface area contributed by atoms with Crippen molar-refractivity contribution in [1.82, 2.24) is 30.1 Å². The van der Waals surface area contributed by atoms with E-state index in [4.69, 9.17) is 9.47 Å². The quantitative estimate of drug-likeness (QED) is 0.487. The highest BCUT2D eigenvalue weighted by Crippen LogP contribution is 2.35. The summed E-state index contributed by atoms with van der Waals surface area (Å²) in [6, 6.07) is 11.4. The minimum absolute atomic E-state index is 0.197. The zero-order valence-electron chi connectivity index (χ0n) is 18.4. The van der Waals surface area contributed by atoms with Gasteiger partial charge in [0.25, 0.3) is 5.56 Å². The van der Waals surface area contributed by atoms with Gasteiger partial charge in [-0.25, -0.2) is 9.07 Å². The molecule has 6 rings (SSSR count). The van der Waals surface area contributed by atoms with Crippen LogP contribution < -0.4 is 15.0 Å². The summed E-state index contributed by atoms with van der Waals surface area (Å²) in [4.78, 5) is 18.6. The lowest BCUT2D eigenvalue weighted by Crippen LogP contribution is -2.33. The van der Waals surface area contributed by atoms with Crippen LogP contribution in [0.2, 0.25) is 0 Å². The second-order valence-corrected chi connectivity index (χ2v) is 8.60. The molecule has 1 atom stereocenters. The average Bonchev–Trinajstić information content (AvgIpc) is 3.53. The molecule has 1 N–H and O–H groups in total. The van der Waals surface area contributed by atoms with Gasteiger partial charge in [0, 0.05) is 17.0 Å². The third-order valence-corrected chi connectivity index (χ3v) is 6.39. The van der Waals surface area contributed by atoms with Gasteiger partial charge in [-0.15, -0.1) is 5.10 Å². The Morgan fingerprint density at radius 3 is 2.53 bits per heavy atom. The summed E-state index contributed by atoms with van der Waals surface area (Å²) < 4.78 is 26.4. The number of fused-ring (bicyclic) bond motifs is 2. The number of tetrazole rings is 1. The number of rotatable bonds is 5. The molecular formula is C24H23FN6O3. The van der Waals surface area contributed by atoms with Gasteiger partial charge < -0.3 is 14.5 Å². The van der Waals surface area contributed by atoms with Crippen molar-refractivity contribution in [2.24, 2.45) is 0 Å². The second-order valence-electron chi connectivity index (χ2n) is 8.60. The zero-order valence-corrected chi connectivity index (χ0v) is 18.4. The van der Waals surface area contributed by atoms with Crippen molar-refractivity contribution >= 4 is 10.9 Å². The topological polar surface area (TPSA) is 98.2 Å². The summed E-state index contributed by atoms with van der Waals surface area (Å²) in [7, 11) is 0. The number of hydrogen-bond acceptors (Lipinski definition) is 7. The Kier molecular flexibility index (Phi) is 5.21. The number of likely N-dealkylation sites (tertiary alicyclic amines) is 1. The third kappa shape index (κ3) is 3.79. The number of H-pyrrole nitrogens is 1. The fraction of sp³-hybridized carbons (Fsp3) is 0.333. The highest BCUT2D eigenvalue weighted by Gasteiger charge is 2.32. The number of hydrogen-bond donors (Lipinski definition) is 1. The first-order chi connectivity index (χ1) is 16.7. The third-order valence-electron chi connectivity index (χ3n) is 6.39. The van der Waals surface area contributed by atoms with Gasteiger partial charge >= 0.3 is 0 Å². The molecule has 10 heteroatoms. The van der Waals surface area contributed by atoms with E-state index in [2.05, 4.69) is 25.4 Å². The molecule has 2 aliphatic rings. The van der Waals surface area contributed by atoms with E-state index >= 15 is 0 Å². The monoisotopic (exact) mass is 462 g/mol. The first-order valence-electron chi connectivity index (χ1n) is 11.4. The smallest absolute Gasteiger partial charge is 0.253 e. The van der Waals surface area contributed by atoms with Gasteiger partial charge in [-0.2, -0.15) is 0 Å². The number of aromatic amines is 1. The minimum Gasteiger partial charge on any atom is -0.486 e. The van der Waals surface area contributed by atoms with Crippen LogP contribution in [0, 0.1) is 5.82 Å². The Labute approximate surface area is 194 Å². The van der Waals surface area contributed by atoms with E-state index in [0.717, 1.165) is 36.9 Å². The van der Waals surface area contributed by atoms with Crippen molar-refractivity contribution in [2.75, 3.05) is 26.3 Å². The summed E-state index contributed by atoms with van der Waals surface area (Å²) in [6.45, 7) is 3.02. The summed E-state index contributed by atoms with van der Waals surface area (Å²) in [5, 5.41) is 13.3. The van der Waals surface area contributed by atoms with Crippen molar-refractivity contribution in [3.05, 3.63) is 75.6 Å². The Morgan fingerprint density at radius 1 is 1.03 bits per heavy atom. The molecule has 2 aromatic carbocycles. The normalized spacial score (nSPS) is 16.7. The molecule has 4 heterocycles. The van der Waals surface area contributed by atoms with Gasteiger partial charge in [-0.1, -0.05) is 12.1 Å². The van der Waals surface area contributed by atoms with Crippen molar-refractivity contribution in [1.29, 1.82) is 0 Å². The predicted octanol–water partition coefficient (Wildman–Crippen LogP) is 2.66. The largest absolute Gasteiger partial charge is 0.486 e. The van der Waals surface area contributed by atoms with Crippen molar-refractivity contribution in [3.63, 3.8) is 0 Å². The Morgan fingerprint density at radius 2 is 1.76 bits per heavy atom. The Hall–Kier alpha value is -3.79. The molecule has 0 bridgehead atoms. The van der Waals surface area contributed by atoms with Crippen LogP contribution in [-0.2, 0) is 6.54 Å². The maximum Gasteiger partial charge on any atom is 0.253 e. The van der Waals surface area contributed by atoms with E-state index < -0.39 is 6.04 Å². The van der Waals surface area contributed by atoms with Crippen LogP contribution in [0.4, 0.5) is 4.39 Å². The Balaban J connectivity index is 1.45. The highest BCUT2D eigenvalue weighted by molar-refractivity contribution is 5.83. The van der Waals surface area contributed by atoms with E-state index in [0.29, 0.717) is 48.2 Å². The van der Waals surface area contributed by atoms with Crippen LogP contribution in [-0.4, -0.2) is 56.4 Å². The zero-order chi connectivity index (χ0) is 23.1. The van der Waals surface area contributed by atoms with Gasteiger partial charge in [-0.05, 0) is 66.2 Å². The average molecular weight is 462 g/mol. The highest BCUT2D eigenvalue weighted by atomic mass is 19.1. The lowest BCUT2D eigenvalue weighted by Gasteiger charge is -2.26. The molecule has 4 aromatic rings. The number of benzene rings is 2. The van der Waals surface area contributed by atoms with Gasteiger partial charge in [0.05, 0.1) is 12.1 Å². The number of nitrogens with one attached hydrogen (secondary N) is 1. The molecule has 2 aromatic heterocycles. The van der Waals surface area contributed by atoms with Crippen LogP contribution in [0.1, 0.15) is 35.8 Å². The van der Waals surface area contributed by atoms with Gasteiger partial charge in [0.1, 0.15) is 25.1 Å². The van der Waals surface area contributed by atoms with E-state index in [1.807, 2.05) is 12.1 Å². The second kappa shape index (κ2) is 8.53. The van der Waals surface area contributed by atoms with E-state index in [-0.39, 0.29) is 11.4 Å². The van der Waals surface area contributed by atoms with Gasteiger partial charge in [0.15, 0.2) is 17.3 Å².